The van der Waals surface area contributed by atoms with Gasteiger partial charge in [-0.25, -0.2) is 4.98 Å². The van der Waals surface area contributed by atoms with E-state index in [-0.39, 0.29) is 0 Å². The maximum Gasteiger partial charge on any atom is 0.133 e. The van der Waals surface area contributed by atoms with Gasteiger partial charge >= 0.3 is 0 Å². The van der Waals surface area contributed by atoms with E-state index in [0.29, 0.717) is 0 Å². The topological polar surface area (TPSA) is 37.4 Å². The minimum absolute atomic E-state index is 0.724. The molecule has 98 valence electrons. The van der Waals surface area contributed by atoms with Crippen LogP contribution in [0.5, 0.6) is 0 Å². The van der Waals surface area contributed by atoms with Crippen LogP contribution in [0.4, 0.5) is 5.82 Å². The smallest absolute Gasteiger partial charge is 0.133 e. The Morgan fingerprint density at radius 3 is 2.89 bits per heavy atom. The lowest BCUT2D eigenvalue weighted by molar-refractivity contribution is 0.122. The molecule has 2 aliphatic rings. The zero-order chi connectivity index (χ0) is 12.4. The van der Waals surface area contributed by atoms with Gasteiger partial charge in [0.1, 0.15) is 5.82 Å². The van der Waals surface area contributed by atoms with Crippen molar-refractivity contribution < 1.29 is 4.74 Å². The van der Waals surface area contributed by atoms with Crippen LogP contribution in [-0.2, 0) is 11.3 Å². The summed E-state index contributed by atoms with van der Waals surface area (Å²) in [5.41, 5.74) is 1.28. The summed E-state index contributed by atoms with van der Waals surface area (Å²) in [6, 6.07) is 2.90. The van der Waals surface area contributed by atoms with E-state index in [0.717, 1.165) is 49.2 Å². The van der Waals surface area contributed by atoms with Gasteiger partial charge in [0.25, 0.3) is 0 Å². The van der Waals surface area contributed by atoms with E-state index < -0.39 is 0 Å². The Bertz CT molecular complexity index is 417. The molecule has 5 heteroatoms. The molecule has 18 heavy (non-hydrogen) atoms. The number of halogens is 1. The molecule has 2 heterocycles. The molecule has 0 radical (unpaired) electrons. The Morgan fingerprint density at radius 1 is 1.39 bits per heavy atom. The van der Waals surface area contributed by atoms with Gasteiger partial charge in [0.05, 0.1) is 13.2 Å². The molecule has 1 aliphatic heterocycles. The normalized spacial score (nSPS) is 20.2. The highest BCUT2D eigenvalue weighted by atomic mass is 79.9. The summed E-state index contributed by atoms with van der Waals surface area (Å²) in [6.07, 6.45) is 4.51. The van der Waals surface area contributed by atoms with Gasteiger partial charge in [0.2, 0.25) is 0 Å². The SMILES string of the molecule is Brc1cnc(N2CCOCC2)c(CNC2CC2)c1. The van der Waals surface area contributed by atoms with Gasteiger partial charge in [-0.1, -0.05) is 0 Å². The lowest BCUT2D eigenvalue weighted by Gasteiger charge is -2.29. The van der Waals surface area contributed by atoms with Crippen molar-refractivity contribution in [1.82, 2.24) is 10.3 Å². The molecule has 1 saturated heterocycles. The standard InChI is InChI=1S/C13H18BrN3O/c14-11-7-10(8-15-12-1-2-12)13(16-9-11)17-3-5-18-6-4-17/h7,9,12,15H,1-6,8H2. The molecule has 1 aromatic heterocycles. The van der Waals surface area contributed by atoms with E-state index in [4.69, 9.17) is 4.74 Å². The van der Waals surface area contributed by atoms with Gasteiger partial charge in [-0.3, -0.25) is 0 Å². The van der Waals surface area contributed by atoms with E-state index >= 15 is 0 Å². The summed E-state index contributed by atoms with van der Waals surface area (Å²) in [4.78, 5) is 6.90. The highest BCUT2D eigenvalue weighted by Crippen LogP contribution is 2.25. The number of hydrogen-bond acceptors (Lipinski definition) is 4. The number of aromatic nitrogens is 1. The van der Waals surface area contributed by atoms with Crippen LogP contribution in [0.15, 0.2) is 16.7 Å². The lowest BCUT2D eigenvalue weighted by Crippen LogP contribution is -2.37. The Hall–Kier alpha value is -0.650. The van der Waals surface area contributed by atoms with Crippen molar-refractivity contribution in [3.05, 3.63) is 22.3 Å². The predicted molar refractivity (Wildman–Crippen MR) is 74.8 cm³/mol. The molecule has 1 aromatic rings. The predicted octanol–water partition coefficient (Wildman–Crippen LogP) is 1.93. The lowest BCUT2D eigenvalue weighted by atomic mass is 10.2. The van der Waals surface area contributed by atoms with Crippen LogP contribution in [0, 0.1) is 0 Å². The number of anilines is 1. The highest BCUT2D eigenvalue weighted by Gasteiger charge is 2.22. The summed E-state index contributed by atoms with van der Waals surface area (Å²) in [5.74, 6) is 1.11. The van der Waals surface area contributed by atoms with E-state index in [1.807, 2.05) is 6.20 Å². The molecule has 0 atom stereocenters. The fourth-order valence-corrected chi connectivity index (χ4v) is 2.58. The van der Waals surface area contributed by atoms with Gasteiger partial charge in [-0.15, -0.1) is 0 Å². The van der Waals surface area contributed by atoms with Crippen molar-refractivity contribution in [3.63, 3.8) is 0 Å². The van der Waals surface area contributed by atoms with Crippen molar-refractivity contribution in [1.29, 1.82) is 0 Å². The molecule has 3 rings (SSSR count). The molecule has 0 aromatic carbocycles. The van der Waals surface area contributed by atoms with Crippen molar-refractivity contribution >= 4 is 21.7 Å². The van der Waals surface area contributed by atoms with Crippen LogP contribution in [-0.4, -0.2) is 37.3 Å². The Morgan fingerprint density at radius 2 is 2.17 bits per heavy atom. The van der Waals surface area contributed by atoms with Crippen LogP contribution in [0.1, 0.15) is 18.4 Å². The first-order valence-electron chi connectivity index (χ1n) is 6.53. The Kier molecular flexibility index (Phi) is 3.82. The number of nitrogens with one attached hydrogen (secondary N) is 1. The minimum Gasteiger partial charge on any atom is -0.378 e. The van der Waals surface area contributed by atoms with Crippen LogP contribution in [0.25, 0.3) is 0 Å². The molecule has 0 amide bonds. The van der Waals surface area contributed by atoms with Gasteiger partial charge in [0, 0.05) is 41.9 Å². The number of pyridine rings is 1. The average molecular weight is 312 g/mol. The second-order valence-electron chi connectivity index (χ2n) is 4.89. The molecular weight excluding hydrogens is 294 g/mol. The van der Waals surface area contributed by atoms with Crippen molar-refractivity contribution in [3.8, 4) is 0 Å². The first-order valence-corrected chi connectivity index (χ1v) is 7.33. The Labute approximate surface area is 116 Å². The van der Waals surface area contributed by atoms with Crippen LogP contribution in [0.3, 0.4) is 0 Å². The molecule has 0 bridgehead atoms. The molecule has 1 saturated carbocycles. The molecule has 4 nitrogen and oxygen atoms in total. The summed E-state index contributed by atoms with van der Waals surface area (Å²) in [7, 11) is 0. The van der Waals surface area contributed by atoms with Crippen molar-refractivity contribution in [2.45, 2.75) is 25.4 Å². The minimum atomic E-state index is 0.724. The van der Waals surface area contributed by atoms with E-state index in [1.165, 1.54) is 18.4 Å². The largest absolute Gasteiger partial charge is 0.378 e. The maximum absolute atomic E-state index is 5.40. The summed E-state index contributed by atoms with van der Waals surface area (Å²) < 4.78 is 6.45. The van der Waals surface area contributed by atoms with Gasteiger partial charge < -0.3 is 15.0 Å². The van der Waals surface area contributed by atoms with Crippen LogP contribution in [0.2, 0.25) is 0 Å². The quantitative estimate of drug-likeness (QED) is 0.922. The van der Waals surface area contributed by atoms with E-state index in [1.54, 1.807) is 0 Å². The molecular formula is C13H18BrN3O. The van der Waals surface area contributed by atoms with Crippen LogP contribution < -0.4 is 10.2 Å². The first kappa shape index (κ1) is 12.4. The number of nitrogens with zero attached hydrogens (tertiary/aromatic N) is 2. The third-order valence-corrected chi connectivity index (χ3v) is 3.81. The summed E-state index contributed by atoms with van der Waals surface area (Å²) in [6.45, 7) is 4.38. The fraction of sp³-hybridized carbons (Fsp3) is 0.615. The van der Waals surface area contributed by atoms with Crippen molar-refractivity contribution in [2.75, 3.05) is 31.2 Å². The first-order chi connectivity index (χ1) is 8.83. The highest BCUT2D eigenvalue weighted by molar-refractivity contribution is 9.10. The molecule has 1 aliphatic carbocycles. The van der Waals surface area contributed by atoms with E-state index in [2.05, 4.69) is 37.2 Å². The van der Waals surface area contributed by atoms with Gasteiger partial charge in [-0.05, 0) is 34.8 Å². The molecule has 2 fully saturated rings. The number of hydrogen-bond donors (Lipinski definition) is 1. The number of rotatable bonds is 4. The number of morpholine rings is 1. The molecule has 0 spiro atoms. The van der Waals surface area contributed by atoms with Crippen LogP contribution >= 0.6 is 15.9 Å². The van der Waals surface area contributed by atoms with E-state index in [9.17, 15) is 0 Å². The van der Waals surface area contributed by atoms with Gasteiger partial charge in [-0.2, -0.15) is 0 Å². The second-order valence-corrected chi connectivity index (χ2v) is 5.81. The number of ether oxygens (including phenoxy) is 1. The van der Waals surface area contributed by atoms with Gasteiger partial charge in [0.15, 0.2) is 0 Å². The summed E-state index contributed by atoms with van der Waals surface area (Å²) in [5, 5.41) is 3.56. The zero-order valence-corrected chi connectivity index (χ0v) is 11.9. The summed E-state index contributed by atoms with van der Waals surface area (Å²) >= 11 is 3.51. The molecule has 1 N–H and O–H groups in total. The third-order valence-electron chi connectivity index (χ3n) is 3.38. The Balaban J connectivity index is 1.76. The average Bonchev–Trinajstić information content (AvgIpc) is 3.21. The maximum atomic E-state index is 5.40. The fourth-order valence-electron chi connectivity index (χ4n) is 2.21. The second kappa shape index (κ2) is 5.55. The molecule has 0 unspecified atom stereocenters. The van der Waals surface area contributed by atoms with Crippen molar-refractivity contribution in [2.24, 2.45) is 0 Å². The zero-order valence-electron chi connectivity index (χ0n) is 10.4. The third kappa shape index (κ3) is 3.02. The monoisotopic (exact) mass is 311 g/mol.